The Bertz CT molecular complexity index is 341. The number of aromatic nitrogens is 1. The standard InChI is InChI=1S/C10H11F3N2/c11-10(12,13)7-3-4-8(15-5-7)9(14)6-1-2-6/h3-6,9H,1-2,14H2. The second kappa shape index (κ2) is 3.48. The van der Waals surface area contributed by atoms with Gasteiger partial charge in [0.15, 0.2) is 0 Å². The molecule has 0 saturated heterocycles. The molecular weight excluding hydrogens is 205 g/mol. The zero-order valence-corrected chi connectivity index (χ0v) is 7.96. The smallest absolute Gasteiger partial charge is 0.322 e. The summed E-state index contributed by atoms with van der Waals surface area (Å²) in [5.41, 5.74) is 5.63. The molecule has 1 saturated carbocycles. The Kier molecular flexibility index (Phi) is 2.42. The van der Waals surface area contributed by atoms with Gasteiger partial charge in [0.1, 0.15) is 0 Å². The van der Waals surface area contributed by atoms with E-state index in [0.717, 1.165) is 25.1 Å². The van der Waals surface area contributed by atoms with Crippen molar-refractivity contribution in [3.8, 4) is 0 Å². The SMILES string of the molecule is NC(c1ccc(C(F)(F)F)cn1)C1CC1. The molecular formula is C10H11F3N2. The Morgan fingerprint density at radius 3 is 2.40 bits per heavy atom. The van der Waals surface area contributed by atoms with E-state index < -0.39 is 11.7 Å². The van der Waals surface area contributed by atoms with E-state index in [2.05, 4.69) is 4.98 Å². The lowest BCUT2D eigenvalue weighted by Gasteiger charge is -2.11. The van der Waals surface area contributed by atoms with E-state index >= 15 is 0 Å². The first-order chi connectivity index (χ1) is 6.98. The molecule has 1 aliphatic rings. The molecule has 2 nitrogen and oxygen atoms in total. The summed E-state index contributed by atoms with van der Waals surface area (Å²) in [5.74, 6) is 0.397. The minimum absolute atomic E-state index is 0.215. The Morgan fingerprint density at radius 2 is 2.00 bits per heavy atom. The largest absolute Gasteiger partial charge is 0.417 e. The van der Waals surface area contributed by atoms with Gasteiger partial charge >= 0.3 is 6.18 Å². The molecule has 1 aromatic rings. The molecule has 0 amide bonds. The maximum atomic E-state index is 12.2. The van der Waals surface area contributed by atoms with E-state index in [4.69, 9.17) is 5.73 Å². The first kappa shape index (κ1) is 10.4. The molecule has 1 unspecified atom stereocenters. The third-order valence-corrected chi connectivity index (χ3v) is 2.59. The molecule has 2 rings (SSSR count). The third-order valence-electron chi connectivity index (χ3n) is 2.59. The first-order valence-electron chi connectivity index (χ1n) is 4.77. The van der Waals surface area contributed by atoms with Gasteiger partial charge in [-0.2, -0.15) is 13.2 Å². The van der Waals surface area contributed by atoms with Crippen molar-refractivity contribution in [3.63, 3.8) is 0 Å². The van der Waals surface area contributed by atoms with Gasteiger partial charge in [-0.05, 0) is 30.9 Å². The molecule has 1 aliphatic carbocycles. The lowest BCUT2D eigenvalue weighted by Crippen LogP contribution is -2.15. The number of nitrogens with two attached hydrogens (primary N) is 1. The molecule has 82 valence electrons. The second-order valence-electron chi connectivity index (χ2n) is 3.83. The number of hydrogen-bond donors (Lipinski definition) is 1. The van der Waals surface area contributed by atoms with Gasteiger partial charge in [-0.3, -0.25) is 4.98 Å². The monoisotopic (exact) mass is 216 g/mol. The number of hydrogen-bond acceptors (Lipinski definition) is 2. The fraction of sp³-hybridized carbons (Fsp3) is 0.500. The van der Waals surface area contributed by atoms with Crippen molar-refractivity contribution < 1.29 is 13.2 Å². The van der Waals surface area contributed by atoms with Crippen LogP contribution in [0, 0.1) is 5.92 Å². The lowest BCUT2D eigenvalue weighted by atomic mass is 10.1. The Balaban J connectivity index is 2.16. The van der Waals surface area contributed by atoms with Gasteiger partial charge in [0.25, 0.3) is 0 Å². The molecule has 1 heterocycles. The normalized spacial score (nSPS) is 18.9. The minimum Gasteiger partial charge on any atom is -0.322 e. The van der Waals surface area contributed by atoms with Crippen molar-refractivity contribution in [1.29, 1.82) is 0 Å². The summed E-state index contributed by atoms with van der Waals surface area (Å²) in [4.78, 5) is 3.76. The second-order valence-corrected chi connectivity index (χ2v) is 3.83. The number of pyridine rings is 1. The number of alkyl halides is 3. The topological polar surface area (TPSA) is 38.9 Å². The van der Waals surface area contributed by atoms with Crippen LogP contribution in [0.3, 0.4) is 0 Å². The number of nitrogens with zero attached hydrogens (tertiary/aromatic N) is 1. The van der Waals surface area contributed by atoms with Crippen LogP contribution in [-0.4, -0.2) is 4.98 Å². The molecule has 5 heteroatoms. The number of rotatable bonds is 2. The maximum Gasteiger partial charge on any atom is 0.417 e. The zero-order valence-electron chi connectivity index (χ0n) is 7.96. The van der Waals surface area contributed by atoms with E-state index in [1.165, 1.54) is 6.07 Å². The van der Waals surface area contributed by atoms with Crippen molar-refractivity contribution in [3.05, 3.63) is 29.6 Å². The van der Waals surface area contributed by atoms with Crippen LogP contribution in [0.15, 0.2) is 18.3 Å². The molecule has 0 aliphatic heterocycles. The van der Waals surface area contributed by atoms with Crippen molar-refractivity contribution in [2.45, 2.75) is 25.1 Å². The molecule has 0 spiro atoms. The summed E-state index contributed by atoms with van der Waals surface area (Å²) in [6.07, 6.45) is -1.39. The fourth-order valence-electron chi connectivity index (χ4n) is 1.47. The predicted octanol–water partition coefficient (Wildman–Crippen LogP) is 2.51. The summed E-state index contributed by atoms with van der Waals surface area (Å²) in [6, 6.07) is 2.18. The van der Waals surface area contributed by atoms with Gasteiger partial charge in [0.05, 0.1) is 11.3 Å². The summed E-state index contributed by atoms with van der Waals surface area (Å²) in [5, 5.41) is 0. The summed E-state index contributed by atoms with van der Waals surface area (Å²) >= 11 is 0. The highest BCUT2D eigenvalue weighted by Crippen LogP contribution is 2.39. The van der Waals surface area contributed by atoms with Crippen molar-refractivity contribution in [1.82, 2.24) is 4.98 Å². The van der Waals surface area contributed by atoms with Crippen LogP contribution in [0.5, 0.6) is 0 Å². The Labute approximate surface area is 85.3 Å². The molecule has 15 heavy (non-hydrogen) atoms. The average Bonchev–Trinajstić information content (AvgIpc) is 2.99. The highest BCUT2D eigenvalue weighted by molar-refractivity contribution is 5.19. The van der Waals surface area contributed by atoms with Gasteiger partial charge < -0.3 is 5.73 Å². The van der Waals surface area contributed by atoms with Crippen LogP contribution in [0.25, 0.3) is 0 Å². The van der Waals surface area contributed by atoms with E-state index in [1.54, 1.807) is 0 Å². The maximum absolute atomic E-state index is 12.2. The van der Waals surface area contributed by atoms with Gasteiger partial charge in [-0.15, -0.1) is 0 Å². The van der Waals surface area contributed by atoms with E-state index in [9.17, 15) is 13.2 Å². The molecule has 0 aromatic carbocycles. The fourth-order valence-corrected chi connectivity index (χ4v) is 1.47. The summed E-state index contributed by atoms with van der Waals surface area (Å²) in [7, 11) is 0. The summed E-state index contributed by atoms with van der Waals surface area (Å²) in [6.45, 7) is 0. The first-order valence-corrected chi connectivity index (χ1v) is 4.77. The van der Waals surface area contributed by atoms with E-state index in [1.807, 2.05) is 0 Å². The van der Waals surface area contributed by atoms with Crippen LogP contribution in [0.1, 0.15) is 30.1 Å². The summed E-state index contributed by atoms with van der Waals surface area (Å²) < 4.78 is 36.7. The third kappa shape index (κ3) is 2.28. The van der Waals surface area contributed by atoms with Crippen molar-refractivity contribution in [2.24, 2.45) is 11.7 Å². The van der Waals surface area contributed by atoms with Crippen molar-refractivity contribution >= 4 is 0 Å². The van der Waals surface area contributed by atoms with Gasteiger partial charge in [-0.1, -0.05) is 0 Å². The highest BCUT2D eigenvalue weighted by Gasteiger charge is 2.33. The van der Waals surface area contributed by atoms with E-state index in [0.29, 0.717) is 11.6 Å². The molecule has 0 radical (unpaired) electrons. The van der Waals surface area contributed by atoms with Gasteiger partial charge in [0, 0.05) is 12.2 Å². The quantitative estimate of drug-likeness (QED) is 0.824. The Hall–Kier alpha value is -1.10. The molecule has 1 fully saturated rings. The van der Waals surface area contributed by atoms with Gasteiger partial charge in [-0.25, -0.2) is 0 Å². The van der Waals surface area contributed by atoms with Crippen LogP contribution < -0.4 is 5.73 Å². The molecule has 0 bridgehead atoms. The van der Waals surface area contributed by atoms with Crippen molar-refractivity contribution in [2.75, 3.05) is 0 Å². The molecule has 1 aromatic heterocycles. The van der Waals surface area contributed by atoms with Crippen LogP contribution in [-0.2, 0) is 6.18 Å². The predicted molar refractivity (Wildman–Crippen MR) is 48.9 cm³/mol. The molecule has 2 N–H and O–H groups in total. The van der Waals surface area contributed by atoms with Crippen LogP contribution in [0.2, 0.25) is 0 Å². The van der Waals surface area contributed by atoms with E-state index in [-0.39, 0.29) is 6.04 Å². The molecule has 1 atom stereocenters. The number of halogens is 3. The highest BCUT2D eigenvalue weighted by atomic mass is 19.4. The zero-order chi connectivity index (χ0) is 11.1. The van der Waals surface area contributed by atoms with Crippen LogP contribution >= 0.6 is 0 Å². The van der Waals surface area contributed by atoms with Gasteiger partial charge in [0.2, 0.25) is 0 Å². The minimum atomic E-state index is -4.32. The lowest BCUT2D eigenvalue weighted by molar-refractivity contribution is -0.137. The average molecular weight is 216 g/mol. The Morgan fingerprint density at radius 1 is 1.33 bits per heavy atom. The van der Waals surface area contributed by atoms with Crippen LogP contribution in [0.4, 0.5) is 13.2 Å².